The summed E-state index contributed by atoms with van der Waals surface area (Å²) in [5, 5.41) is 16.1. The van der Waals surface area contributed by atoms with E-state index in [1.165, 1.54) is 132 Å². The van der Waals surface area contributed by atoms with E-state index in [1.54, 1.807) is 84.1 Å². The predicted octanol–water partition coefficient (Wildman–Crippen LogP) is 26.8. The molecule has 0 atom stereocenters. The van der Waals surface area contributed by atoms with Gasteiger partial charge in [0.25, 0.3) is 6.47 Å². The lowest BCUT2D eigenvalue weighted by molar-refractivity contribution is -0.120. The van der Waals surface area contributed by atoms with Crippen LogP contribution in [0.3, 0.4) is 0 Å². The highest BCUT2D eigenvalue weighted by Crippen LogP contribution is 2.42. The molecule has 103 heavy (non-hydrogen) atoms. The Hall–Kier alpha value is -8.98. The number of halogens is 4. The molecule has 0 radical (unpaired) electrons. The number of carbonyl (C=O) groups is 6. The van der Waals surface area contributed by atoms with E-state index in [4.69, 9.17) is 4.74 Å². The van der Waals surface area contributed by atoms with Crippen LogP contribution in [0, 0.1) is 0 Å². The molecule has 1 aliphatic heterocycles. The predicted molar refractivity (Wildman–Crippen MR) is 444 cm³/mol. The molecule has 12 aromatic carbocycles. The van der Waals surface area contributed by atoms with E-state index in [2.05, 4.69) is 214 Å². The monoisotopic (exact) mass is 1690 g/mol. The minimum atomic E-state index is -0.550. The summed E-state index contributed by atoms with van der Waals surface area (Å²) in [6.07, 6.45) is 6.53. The molecule has 0 bridgehead atoms. The molecule has 0 amide bonds. The van der Waals surface area contributed by atoms with Crippen molar-refractivity contribution in [2.24, 2.45) is 0 Å². The van der Waals surface area contributed by atoms with Crippen LogP contribution in [0.15, 0.2) is 272 Å². The summed E-state index contributed by atoms with van der Waals surface area (Å²) in [5.74, 6) is -1.08. The number of ketones is 3. The Bertz CT molecular complexity index is 6140. The van der Waals surface area contributed by atoms with Crippen molar-refractivity contribution >= 4 is 248 Å². The molecule has 8 nitrogen and oxygen atoms in total. The van der Waals surface area contributed by atoms with Gasteiger partial charge in [0.1, 0.15) is 5.75 Å². The lowest BCUT2D eigenvalue weighted by Gasteiger charge is -2.13. The lowest BCUT2D eigenvalue weighted by Crippen LogP contribution is -2.18. The first-order valence-electron chi connectivity index (χ1n) is 32.8. The molecule has 5 aromatic heterocycles. The topological polar surface area (TPSA) is 121 Å². The van der Waals surface area contributed by atoms with Crippen LogP contribution >= 0.6 is 120 Å². The molecule has 17 aromatic rings. The number of rotatable bonds is 9. The van der Waals surface area contributed by atoms with Crippen LogP contribution in [0.1, 0.15) is 105 Å². The normalized spacial score (nSPS) is 12.0. The fraction of sp³-hybridized carbons (Fsp3) is 0.0698. The summed E-state index contributed by atoms with van der Waals surface area (Å²) in [6, 6.07) is 82.3. The van der Waals surface area contributed by atoms with Crippen molar-refractivity contribution in [1.82, 2.24) is 0 Å². The van der Waals surface area contributed by atoms with Gasteiger partial charge in [-0.1, -0.05) is 193 Å². The number of carbonyl (C=O) groups excluding carboxylic acids is 6. The van der Waals surface area contributed by atoms with Gasteiger partial charge in [-0.3, -0.25) is 19.2 Å². The molecular weight excluding hydrogens is 1640 g/mol. The van der Waals surface area contributed by atoms with Crippen molar-refractivity contribution in [3.63, 3.8) is 0 Å². The Kier molecular flexibility index (Phi) is 22.0. The second kappa shape index (κ2) is 31.9. The molecule has 0 fully saturated rings. The SMILES string of the molecule is Brc1ccc2sc3cc4ccccc4cc3c2c1.Brc1ccc2sccc2c1.CCCCCCc1ccc2sc3cc4ccccc4cc3c2c1.O=C1OC(=O)c2ccccc21.O=C1c2ccccc2C(=O)c2c1sc1ccc(Br)cc21.O=COc1ccccc1C(=O)c1cc2cc(Br)ccc2s1. The van der Waals surface area contributed by atoms with Crippen molar-refractivity contribution in [3.8, 4) is 5.75 Å². The Balaban J connectivity index is 0.000000107. The van der Waals surface area contributed by atoms with Gasteiger partial charge in [0, 0.05) is 88.8 Å². The van der Waals surface area contributed by atoms with Gasteiger partial charge >= 0.3 is 11.9 Å². The molecule has 0 unspecified atom stereocenters. The second-order valence-electron chi connectivity index (χ2n) is 24.2. The van der Waals surface area contributed by atoms with Crippen molar-refractivity contribution in [3.05, 3.63) is 321 Å². The van der Waals surface area contributed by atoms with E-state index in [1.807, 2.05) is 65.1 Å². The van der Waals surface area contributed by atoms with Crippen LogP contribution in [-0.4, -0.2) is 35.8 Å². The highest BCUT2D eigenvalue weighted by atomic mass is 79.9. The maximum atomic E-state index is 12.7. The molecular formula is C86H56Br4O8S5. The zero-order valence-corrected chi connectivity index (χ0v) is 65.1. The number of hydrogen-bond donors (Lipinski definition) is 0. The first kappa shape index (κ1) is 71.0. The summed E-state index contributed by atoms with van der Waals surface area (Å²) in [5.41, 5.74) is 4.15. The van der Waals surface area contributed by atoms with E-state index >= 15 is 0 Å². The van der Waals surface area contributed by atoms with Crippen molar-refractivity contribution in [1.29, 1.82) is 0 Å². The number of unbranched alkanes of at least 4 members (excludes halogenated alkanes) is 3. The molecule has 2 aliphatic rings. The number of para-hydroxylation sites is 1. The fourth-order valence-corrected chi connectivity index (χ4v) is 19.1. The highest BCUT2D eigenvalue weighted by Gasteiger charge is 2.33. The average molecular weight is 1700 g/mol. The summed E-state index contributed by atoms with van der Waals surface area (Å²) < 4.78 is 22.3. The summed E-state index contributed by atoms with van der Waals surface area (Å²) in [7, 11) is 0. The van der Waals surface area contributed by atoms with Gasteiger partial charge in [-0.25, -0.2) is 9.59 Å². The smallest absolute Gasteiger partial charge is 0.346 e. The van der Waals surface area contributed by atoms with Crippen LogP contribution in [0.2, 0.25) is 0 Å². The number of esters is 2. The number of hydrogen-bond acceptors (Lipinski definition) is 13. The quantitative estimate of drug-likeness (QED) is 0.0461. The third-order valence-corrected chi connectivity index (χ3v) is 24.9. The highest BCUT2D eigenvalue weighted by molar-refractivity contribution is 9.11. The van der Waals surface area contributed by atoms with E-state index in [-0.39, 0.29) is 23.1 Å². The summed E-state index contributed by atoms with van der Waals surface area (Å²) >= 11 is 22.2. The number of benzene rings is 12. The Labute approximate surface area is 645 Å². The first-order valence-corrected chi connectivity index (χ1v) is 40.1. The number of cyclic esters (lactones) is 2. The molecule has 0 saturated carbocycles. The zero-order chi connectivity index (χ0) is 71.3. The Morgan fingerprint density at radius 3 is 1.50 bits per heavy atom. The van der Waals surface area contributed by atoms with Gasteiger partial charge in [-0.2, -0.15) is 0 Å². The average Bonchev–Trinajstić information content (AvgIpc) is 1.63. The van der Waals surface area contributed by atoms with Crippen LogP contribution in [0.25, 0.3) is 92.1 Å². The van der Waals surface area contributed by atoms with Crippen molar-refractivity contribution in [2.75, 3.05) is 0 Å². The minimum absolute atomic E-state index is 0.0486. The fourth-order valence-electron chi connectivity index (χ4n) is 12.5. The molecule has 506 valence electrons. The summed E-state index contributed by atoms with van der Waals surface area (Å²) in [4.78, 5) is 71.2. The van der Waals surface area contributed by atoms with Gasteiger partial charge in [0.05, 0.1) is 32.0 Å². The molecule has 0 saturated heterocycles. The van der Waals surface area contributed by atoms with Gasteiger partial charge in [0.15, 0.2) is 5.78 Å². The lowest BCUT2D eigenvalue weighted by atomic mass is 9.87. The first-order chi connectivity index (χ1) is 50.2. The van der Waals surface area contributed by atoms with E-state index < -0.39 is 11.9 Å². The maximum absolute atomic E-state index is 12.7. The van der Waals surface area contributed by atoms with Gasteiger partial charge in [0.2, 0.25) is 11.6 Å². The van der Waals surface area contributed by atoms with Crippen LogP contribution in [0.4, 0.5) is 0 Å². The molecule has 1 aliphatic carbocycles. The Morgan fingerprint density at radius 1 is 0.408 bits per heavy atom. The number of fused-ring (bicyclic) bond motifs is 15. The van der Waals surface area contributed by atoms with Crippen molar-refractivity contribution < 1.29 is 38.2 Å². The van der Waals surface area contributed by atoms with Gasteiger partial charge in [-0.15, -0.1) is 56.7 Å². The largest absolute Gasteiger partial charge is 0.428 e. The molecule has 17 heteroatoms. The third-order valence-electron chi connectivity index (χ3n) is 17.5. The molecule has 6 heterocycles. The standard InChI is InChI=1S/C22H22S.C16H9BrO3S.C16H7BrO2S.C16H9BrS.C8H5BrS.C8H4O3/c1-2-3-4-5-8-16-11-12-21-19(13-16)20-14-17-9-6-7-10-18(17)15-22(20)23-21;17-11-5-6-14-10(7-11)8-15(21-14)16(19)12-3-1-2-4-13(12)20-9-18;17-8-5-6-12-11(7-8)13-14(18)9-3-1-2-4-10(9)15(19)16(13)20-12;17-12-5-6-15-14(9-12)13-7-10-3-1-2-4-11(10)8-16(13)18-15;9-7-1-2-8-6(5-7)3-4-10-8;9-7-5-3-1-2-4-6(5)8(10)11-7/h6-7,9-15H,2-5,8H2,1H3;1-9H;1-7H;1-9H;1-5H;1-4H. The van der Waals surface area contributed by atoms with Crippen molar-refractivity contribution in [2.45, 2.75) is 39.0 Å². The second-order valence-corrected chi connectivity index (χ2v) is 33.1. The number of thiophene rings is 5. The van der Waals surface area contributed by atoms with E-state index in [0.717, 1.165) is 38.1 Å². The maximum Gasteiger partial charge on any atom is 0.346 e. The van der Waals surface area contributed by atoms with Gasteiger partial charge in [-0.05, 0) is 202 Å². The molecule has 0 spiro atoms. The van der Waals surface area contributed by atoms with E-state index in [9.17, 15) is 28.8 Å². The van der Waals surface area contributed by atoms with Gasteiger partial charge < -0.3 is 9.47 Å². The third kappa shape index (κ3) is 15.6. The zero-order valence-electron chi connectivity index (χ0n) is 54.7. The van der Waals surface area contributed by atoms with Crippen LogP contribution in [-0.2, 0) is 16.0 Å². The number of aryl methyl sites for hydroxylation is 1. The Morgan fingerprint density at radius 2 is 0.893 bits per heavy atom. The molecule has 19 rings (SSSR count). The van der Waals surface area contributed by atoms with E-state index in [0.29, 0.717) is 49.6 Å². The summed E-state index contributed by atoms with van der Waals surface area (Å²) in [6.45, 7) is 2.60. The van der Waals surface area contributed by atoms with Crippen LogP contribution < -0.4 is 4.74 Å². The minimum Gasteiger partial charge on any atom is -0.428 e. The number of ether oxygens (including phenoxy) is 2. The van der Waals surface area contributed by atoms with Crippen LogP contribution in [0.5, 0.6) is 5.75 Å². The molecule has 0 N–H and O–H groups in total.